The molecule has 176 valence electrons. The molecule has 4 rings (SSSR count). The van der Waals surface area contributed by atoms with Crippen LogP contribution in [0.1, 0.15) is 50.7 Å². The number of ketones is 1. The van der Waals surface area contributed by atoms with Crippen LogP contribution in [0.4, 0.5) is 5.69 Å². The van der Waals surface area contributed by atoms with Crippen LogP contribution < -0.4 is 5.32 Å². The van der Waals surface area contributed by atoms with Crippen LogP contribution in [0.25, 0.3) is 0 Å². The lowest BCUT2D eigenvalue weighted by Gasteiger charge is -2.39. The number of nitrogens with one attached hydrogen (secondary N) is 1. The quantitative estimate of drug-likeness (QED) is 0.371. The molecule has 2 aromatic carbocycles. The van der Waals surface area contributed by atoms with E-state index in [-0.39, 0.29) is 23.5 Å². The molecule has 1 aliphatic carbocycles. The van der Waals surface area contributed by atoms with Gasteiger partial charge >= 0.3 is 5.97 Å². The van der Waals surface area contributed by atoms with Crippen molar-refractivity contribution in [2.75, 3.05) is 6.61 Å². The van der Waals surface area contributed by atoms with Crippen LogP contribution in [0, 0.1) is 15.5 Å². The minimum Gasteiger partial charge on any atom is -0.462 e. The Morgan fingerprint density at radius 3 is 2.59 bits per heavy atom. The third-order valence-electron chi connectivity index (χ3n) is 6.34. The molecule has 1 atom stereocenters. The molecule has 1 aliphatic heterocycles. The summed E-state index contributed by atoms with van der Waals surface area (Å²) in [6.07, 6.45) is 1.55. The van der Waals surface area contributed by atoms with Gasteiger partial charge in [0, 0.05) is 47.9 Å². The zero-order valence-corrected chi connectivity index (χ0v) is 19.6. The molecule has 0 saturated carbocycles. The van der Waals surface area contributed by atoms with Gasteiger partial charge in [-0.1, -0.05) is 56.3 Å². The molecule has 0 unspecified atom stereocenters. The van der Waals surface area contributed by atoms with Gasteiger partial charge < -0.3 is 10.1 Å². The van der Waals surface area contributed by atoms with Gasteiger partial charge in [0.25, 0.3) is 5.69 Å². The van der Waals surface area contributed by atoms with E-state index in [0.717, 1.165) is 11.3 Å². The maximum Gasteiger partial charge on any atom is 0.336 e. The molecule has 0 spiro atoms. The van der Waals surface area contributed by atoms with E-state index in [2.05, 4.69) is 5.32 Å². The number of benzene rings is 2. The lowest BCUT2D eigenvalue weighted by atomic mass is 9.68. The lowest BCUT2D eigenvalue weighted by Crippen LogP contribution is -2.38. The van der Waals surface area contributed by atoms with Gasteiger partial charge in [0.05, 0.1) is 17.1 Å². The van der Waals surface area contributed by atoms with Crippen molar-refractivity contribution in [3.05, 3.63) is 98.4 Å². The van der Waals surface area contributed by atoms with Crippen LogP contribution in [0.2, 0.25) is 0 Å². The van der Waals surface area contributed by atoms with Gasteiger partial charge in [-0.25, -0.2) is 4.79 Å². The predicted octanol–water partition coefficient (Wildman–Crippen LogP) is 4.98. The summed E-state index contributed by atoms with van der Waals surface area (Å²) in [6, 6.07) is 15.9. The third kappa shape index (κ3) is 4.78. The summed E-state index contributed by atoms with van der Waals surface area (Å²) >= 11 is 0. The van der Waals surface area contributed by atoms with Gasteiger partial charge in [-0.2, -0.15) is 0 Å². The summed E-state index contributed by atoms with van der Waals surface area (Å²) < 4.78 is 5.64. The molecule has 0 aromatic heterocycles. The average molecular weight is 461 g/mol. The first-order valence-electron chi connectivity index (χ1n) is 11.4. The Morgan fingerprint density at radius 2 is 1.88 bits per heavy atom. The minimum absolute atomic E-state index is 0.0580. The normalized spacial score (nSPS) is 19.4. The van der Waals surface area contributed by atoms with E-state index < -0.39 is 16.8 Å². The summed E-state index contributed by atoms with van der Waals surface area (Å²) in [5.41, 5.74) is 3.47. The highest BCUT2D eigenvalue weighted by Gasteiger charge is 2.43. The molecule has 0 saturated heterocycles. The van der Waals surface area contributed by atoms with E-state index in [4.69, 9.17) is 4.74 Å². The first kappa shape index (κ1) is 23.4. The number of non-ortho nitro benzene ring substituents is 1. The molecule has 0 bridgehead atoms. The van der Waals surface area contributed by atoms with Crippen LogP contribution in [-0.2, 0) is 20.7 Å². The Morgan fingerprint density at radius 1 is 1.15 bits per heavy atom. The Labute approximate surface area is 198 Å². The van der Waals surface area contributed by atoms with Crippen LogP contribution >= 0.6 is 0 Å². The lowest BCUT2D eigenvalue weighted by molar-refractivity contribution is -0.384. The summed E-state index contributed by atoms with van der Waals surface area (Å²) in [5, 5.41) is 14.7. The monoisotopic (exact) mass is 460 g/mol. The highest BCUT2D eigenvalue weighted by molar-refractivity contribution is 6.04. The van der Waals surface area contributed by atoms with E-state index in [1.54, 1.807) is 19.1 Å². The smallest absolute Gasteiger partial charge is 0.336 e. The second kappa shape index (κ2) is 9.25. The predicted molar refractivity (Wildman–Crippen MR) is 128 cm³/mol. The first-order valence-corrected chi connectivity index (χ1v) is 11.4. The standard InChI is InChI=1S/C27H28N2O5/c1-17-23(26(31)34-13-12-18-8-5-4-6-9-18)24(19-10-7-11-20(14-19)29(32)33)25-21(28-17)15-27(2,3)16-22(25)30/h4-11,14,24,28H,12-13,15-16H2,1-3H3/t24-/m1/s1. The number of carbonyl (C=O) groups excluding carboxylic acids is 2. The number of esters is 1. The van der Waals surface area contributed by atoms with E-state index in [9.17, 15) is 19.7 Å². The molecule has 0 fully saturated rings. The summed E-state index contributed by atoms with van der Waals surface area (Å²) in [6.45, 7) is 6.04. The van der Waals surface area contributed by atoms with E-state index in [0.29, 0.717) is 41.7 Å². The number of hydrogen-bond acceptors (Lipinski definition) is 6. The highest BCUT2D eigenvalue weighted by atomic mass is 16.6. The number of Topliss-reactive ketones (excluding diaryl/α,β-unsaturated/α-hetero) is 1. The van der Waals surface area contributed by atoms with E-state index in [1.807, 2.05) is 44.2 Å². The fourth-order valence-corrected chi connectivity index (χ4v) is 4.84. The van der Waals surface area contributed by atoms with E-state index in [1.165, 1.54) is 12.1 Å². The van der Waals surface area contributed by atoms with Gasteiger partial charge in [0.1, 0.15) is 0 Å². The third-order valence-corrected chi connectivity index (χ3v) is 6.34. The topological polar surface area (TPSA) is 98.5 Å². The molecular formula is C27H28N2O5. The average Bonchev–Trinajstić information content (AvgIpc) is 2.78. The Hall–Kier alpha value is -3.74. The molecule has 0 amide bonds. The Kier molecular flexibility index (Phi) is 6.37. The van der Waals surface area contributed by atoms with Crippen LogP contribution in [0.15, 0.2) is 77.1 Å². The summed E-state index contributed by atoms with van der Waals surface area (Å²) in [7, 11) is 0. The van der Waals surface area contributed by atoms with Gasteiger partial charge in [0.15, 0.2) is 5.78 Å². The molecule has 34 heavy (non-hydrogen) atoms. The second-order valence-corrected chi connectivity index (χ2v) is 9.65. The maximum absolute atomic E-state index is 13.3. The van der Waals surface area contributed by atoms with Crippen molar-refractivity contribution in [1.82, 2.24) is 5.32 Å². The van der Waals surface area contributed by atoms with Gasteiger partial charge in [0.2, 0.25) is 0 Å². The van der Waals surface area contributed by atoms with Crippen LogP contribution in [0.5, 0.6) is 0 Å². The zero-order chi connectivity index (χ0) is 24.5. The molecule has 7 nitrogen and oxygen atoms in total. The fourth-order valence-electron chi connectivity index (χ4n) is 4.84. The maximum atomic E-state index is 13.3. The molecule has 0 radical (unpaired) electrons. The minimum atomic E-state index is -0.719. The van der Waals surface area contributed by atoms with Crippen molar-refractivity contribution >= 4 is 17.4 Å². The fraction of sp³-hybridized carbons (Fsp3) is 0.333. The number of nitro benzene ring substituents is 1. The SMILES string of the molecule is CC1=C(C(=O)OCCc2ccccc2)[C@@H](c2cccc([N+](=O)[O-])c2)C2=C(CC(C)(C)CC2=O)N1. The zero-order valence-electron chi connectivity index (χ0n) is 19.6. The molecule has 2 aromatic rings. The number of carbonyl (C=O) groups is 2. The van der Waals surface area contributed by atoms with Crippen molar-refractivity contribution in [2.45, 2.75) is 46.0 Å². The number of allylic oxidation sites excluding steroid dienone is 3. The van der Waals surface area contributed by atoms with Crippen molar-refractivity contribution in [1.29, 1.82) is 0 Å². The number of nitrogens with zero attached hydrogens (tertiary/aromatic N) is 1. The molecule has 2 aliphatic rings. The van der Waals surface area contributed by atoms with Crippen LogP contribution in [-0.4, -0.2) is 23.3 Å². The van der Waals surface area contributed by atoms with Crippen molar-refractivity contribution in [3.63, 3.8) is 0 Å². The van der Waals surface area contributed by atoms with Gasteiger partial charge in [-0.15, -0.1) is 0 Å². The number of hydrogen-bond donors (Lipinski definition) is 1. The second-order valence-electron chi connectivity index (χ2n) is 9.65. The van der Waals surface area contributed by atoms with Crippen LogP contribution in [0.3, 0.4) is 0 Å². The number of rotatable bonds is 6. The highest BCUT2D eigenvalue weighted by Crippen LogP contribution is 2.47. The van der Waals surface area contributed by atoms with Crippen molar-refractivity contribution in [2.24, 2.45) is 5.41 Å². The molecule has 1 N–H and O–H groups in total. The Bertz CT molecular complexity index is 1210. The number of ether oxygens (including phenoxy) is 1. The number of dihydropyridines is 1. The van der Waals surface area contributed by atoms with Crippen molar-refractivity contribution < 1.29 is 19.2 Å². The first-order chi connectivity index (χ1) is 16.2. The number of nitro groups is 1. The molecular weight excluding hydrogens is 432 g/mol. The van der Waals surface area contributed by atoms with E-state index >= 15 is 0 Å². The van der Waals surface area contributed by atoms with Crippen molar-refractivity contribution in [3.8, 4) is 0 Å². The van der Waals surface area contributed by atoms with Gasteiger partial charge in [-0.3, -0.25) is 14.9 Å². The molecule has 7 heteroatoms. The molecule has 1 heterocycles. The summed E-state index contributed by atoms with van der Waals surface area (Å²) in [4.78, 5) is 37.6. The largest absolute Gasteiger partial charge is 0.462 e. The van der Waals surface area contributed by atoms with Gasteiger partial charge in [-0.05, 0) is 29.9 Å². The Balaban J connectivity index is 1.70. The summed E-state index contributed by atoms with van der Waals surface area (Å²) in [5.74, 6) is -1.30.